The molecule has 1 amide bonds. The summed E-state index contributed by atoms with van der Waals surface area (Å²) >= 11 is 0. The zero-order valence-electron chi connectivity index (χ0n) is 15.0. The molecule has 6 nitrogen and oxygen atoms in total. The Morgan fingerprint density at radius 1 is 1.19 bits per heavy atom. The molecule has 0 unspecified atom stereocenters. The number of hydrogen-bond acceptors (Lipinski definition) is 5. The van der Waals surface area contributed by atoms with Gasteiger partial charge in [-0.05, 0) is 49.9 Å². The summed E-state index contributed by atoms with van der Waals surface area (Å²) in [6.07, 6.45) is 4.27. The van der Waals surface area contributed by atoms with Gasteiger partial charge in [0.15, 0.2) is 11.5 Å². The van der Waals surface area contributed by atoms with E-state index >= 15 is 0 Å². The Hall–Kier alpha value is -2.60. The zero-order chi connectivity index (χ0) is 18.2. The fourth-order valence-electron chi connectivity index (χ4n) is 2.47. The Balaban J connectivity index is 1.46. The fourth-order valence-corrected chi connectivity index (χ4v) is 2.47. The summed E-state index contributed by atoms with van der Waals surface area (Å²) in [5.74, 6) is 2.57. The Morgan fingerprint density at radius 3 is 2.69 bits per heavy atom. The first-order valence-electron chi connectivity index (χ1n) is 9.06. The van der Waals surface area contributed by atoms with Crippen molar-refractivity contribution in [1.29, 1.82) is 0 Å². The van der Waals surface area contributed by atoms with Crippen molar-refractivity contribution in [3.05, 3.63) is 48.2 Å². The first-order chi connectivity index (χ1) is 12.7. The summed E-state index contributed by atoms with van der Waals surface area (Å²) in [4.78, 5) is 16.1. The summed E-state index contributed by atoms with van der Waals surface area (Å²) in [7, 11) is 0. The van der Waals surface area contributed by atoms with Crippen LogP contribution in [0.25, 0.3) is 0 Å². The third-order valence-corrected chi connectivity index (χ3v) is 4.07. The number of pyridine rings is 1. The van der Waals surface area contributed by atoms with Crippen molar-refractivity contribution in [3.8, 4) is 17.4 Å². The highest BCUT2D eigenvalue weighted by Gasteiger charge is 2.20. The molecule has 138 valence electrons. The van der Waals surface area contributed by atoms with Crippen LogP contribution < -0.4 is 20.1 Å². The normalized spacial score (nSPS) is 13.3. The van der Waals surface area contributed by atoms with Crippen LogP contribution in [-0.4, -0.2) is 30.6 Å². The van der Waals surface area contributed by atoms with Gasteiger partial charge in [0, 0.05) is 18.8 Å². The van der Waals surface area contributed by atoms with Gasteiger partial charge >= 0.3 is 0 Å². The van der Waals surface area contributed by atoms with E-state index in [1.54, 1.807) is 12.3 Å². The molecule has 2 N–H and O–H groups in total. The molecular weight excluding hydrogens is 330 g/mol. The molecule has 0 aliphatic heterocycles. The number of nitrogens with one attached hydrogen (secondary N) is 2. The standard InChI is InChI=1S/C20H25N3O3/c1-2-25-17-5-3-4-6-18(17)26-20-10-9-16(13-23-20)12-22-19(24)14-21-11-15-7-8-15/h3-6,9-10,13,15,21H,2,7-8,11-12,14H2,1H3,(H,22,24). The lowest BCUT2D eigenvalue weighted by atomic mass is 10.3. The lowest BCUT2D eigenvalue weighted by Gasteiger charge is -2.11. The van der Waals surface area contributed by atoms with Gasteiger partial charge in [-0.2, -0.15) is 0 Å². The van der Waals surface area contributed by atoms with Crippen LogP contribution >= 0.6 is 0 Å². The van der Waals surface area contributed by atoms with Gasteiger partial charge in [-0.1, -0.05) is 18.2 Å². The van der Waals surface area contributed by atoms with Crippen LogP contribution in [0.2, 0.25) is 0 Å². The van der Waals surface area contributed by atoms with E-state index in [9.17, 15) is 4.79 Å². The van der Waals surface area contributed by atoms with Gasteiger partial charge in [0.2, 0.25) is 11.8 Å². The number of rotatable bonds is 10. The van der Waals surface area contributed by atoms with Gasteiger partial charge in [0.05, 0.1) is 13.2 Å². The van der Waals surface area contributed by atoms with Crippen molar-refractivity contribution >= 4 is 5.91 Å². The van der Waals surface area contributed by atoms with Crippen LogP contribution in [-0.2, 0) is 11.3 Å². The van der Waals surface area contributed by atoms with E-state index in [-0.39, 0.29) is 5.91 Å². The van der Waals surface area contributed by atoms with Crippen molar-refractivity contribution in [3.63, 3.8) is 0 Å². The minimum atomic E-state index is -0.00313. The van der Waals surface area contributed by atoms with Crippen molar-refractivity contribution in [2.45, 2.75) is 26.3 Å². The highest BCUT2D eigenvalue weighted by Crippen LogP contribution is 2.30. The smallest absolute Gasteiger partial charge is 0.234 e. The lowest BCUT2D eigenvalue weighted by Crippen LogP contribution is -2.34. The fraction of sp³-hybridized carbons (Fsp3) is 0.400. The molecule has 1 aromatic heterocycles. The molecule has 0 radical (unpaired) electrons. The zero-order valence-corrected chi connectivity index (χ0v) is 15.0. The highest BCUT2D eigenvalue weighted by atomic mass is 16.5. The Morgan fingerprint density at radius 2 is 2.00 bits per heavy atom. The van der Waals surface area contributed by atoms with Crippen LogP contribution in [0.3, 0.4) is 0 Å². The van der Waals surface area contributed by atoms with Crippen molar-refractivity contribution < 1.29 is 14.3 Å². The summed E-state index contributed by atoms with van der Waals surface area (Å²) in [6.45, 7) is 4.25. The van der Waals surface area contributed by atoms with Crippen molar-refractivity contribution in [2.75, 3.05) is 19.7 Å². The maximum atomic E-state index is 11.8. The van der Waals surface area contributed by atoms with Crippen molar-refractivity contribution in [1.82, 2.24) is 15.6 Å². The largest absolute Gasteiger partial charge is 0.490 e. The average molecular weight is 355 g/mol. The first-order valence-corrected chi connectivity index (χ1v) is 9.06. The molecule has 0 bridgehead atoms. The van der Waals surface area contributed by atoms with Crippen LogP contribution in [0.4, 0.5) is 0 Å². The Bertz CT molecular complexity index is 714. The molecule has 0 saturated heterocycles. The number of para-hydroxylation sites is 2. The molecule has 1 aliphatic rings. The third-order valence-electron chi connectivity index (χ3n) is 4.07. The average Bonchev–Trinajstić information content (AvgIpc) is 3.47. The first kappa shape index (κ1) is 18.2. The molecule has 0 spiro atoms. The molecule has 26 heavy (non-hydrogen) atoms. The van der Waals surface area contributed by atoms with Gasteiger partial charge in [0.1, 0.15) is 0 Å². The number of carbonyl (C=O) groups excluding carboxylic acids is 1. The van der Waals surface area contributed by atoms with Gasteiger partial charge in [-0.15, -0.1) is 0 Å². The Labute approximate surface area is 153 Å². The number of amides is 1. The van der Waals surface area contributed by atoms with Crippen LogP contribution in [0, 0.1) is 5.92 Å². The summed E-state index contributed by atoms with van der Waals surface area (Å²) in [5, 5.41) is 6.06. The van der Waals surface area contributed by atoms with E-state index in [1.165, 1.54) is 12.8 Å². The van der Waals surface area contributed by atoms with Gasteiger partial charge in [0.25, 0.3) is 0 Å². The maximum Gasteiger partial charge on any atom is 0.234 e. The SMILES string of the molecule is CCOc1ccccc1Oc1ccc(CNC(=O)CNCC2CC2)cn1. The number of benzene rings is 1. The second-order valence-electron chi connectivity index (χ2n) is 6.34. The molecule has 2 aromatic rings. The highest BCUT2D eigenvalue weighted by molar-refractivity contribution is 5.77. The predicted molar refractivity (Wildman–Crippen MR) is 99.4 cm³/mol. The van der Waals surface area contributed by atoms with E-state index < -0.39 is 0 Å². The quantitative estimate of drug-likeness (QED) is 0.686. The molecule has 3 rings (SSSR count). The van der Waals surface area contributed by atoms with Crippen LogP contribution in [0.1, 0.15) is 25.3 Å². The summed E-state index contributed by atoms with van der Waals surface area (Å²) in [6, 6.07) is 11.2. The number of carbonyl (C=O) groups is 1. The molecule has 1 aromatic carbocycles. The molecule has 1 aliphatic carbocycles. The molecule has 1 fully saturated rings. The van der Waals surface area contributed by atoms with Crippen LogP contribution in [0.5, 0.6) is 17.4 Å². The molecule has 6 heteroatoms. The minimum absolute atomic E-state index is 0.00313. The molecule has 0 atom stereocenters. The van der Waals surface area contributed by atoms with E-state index in [1.807, 2.05) is 37.3 Å². The van der Waals surface area contributed by atoms with Gasteiger partial charge < -0.3 is 20.1 Å². The monoisotopic (exact) mass is 355 g/mol. The Kier molecular flexibility index (Phi) is 6.44. The predicted octanol–water partition coefficient (Wildman–Crippen LogP) is 2.89. The molecule has 1 heterocycles. The number of aromatic nitrogens is 1. The molecule has 1 saturated carbocycles. The number of nitrogens with zero attached hydrogens (tertiary/aromatic N) is 1. The van der Waals surface area contributed by atoms with E-state index in [0.29, 0.717) is 37.1 Å². The summed E-state index contributed by atoms with van der Waals surface area (Å²) < 4.78 is 11.3. The van der Waals surface area contributed by atoms with Gasteiger partial charge in [-0.3, -0.25) is 4.79 Å². The minimum Gasteiger partial charge on any atom is -0.490 e. The topological polar surface area (TPSA) is 72.5 Å². The maximum absolute atomic E-state index is 11.8. The summed E-state index contributed by atoms with van der Waals surface area (Å²) in [5.41, 5.74) is 0.922. The van der Waals surface area contributed by atoms with Crippen molar-refractivity contribution in [2.24, 2.45) is 5.92 Å². The van der Waals surface area contributed by atoms with Gasteiger partial charge in [-0.25, -0.2) is 4.98 Å². The lowest BCUT2D eigenvalue weighted by molar-refractivity contribution is -0.120. The second kappa shape index (κ2) is 9.20. The van der Waals surface area contributed by atoms with Crippen LogP contribution in [0.15, 0.2) is 42.6 Å². The second-order valence-corrected chi connectivity index (χ2v) is 6.34. The number of ether oxygens (including phenoxy) is 2. The van der Waals surface area contributed by atoms with E-state index in [0.717, 1.165) is 18.0 Å². The number of hydrogen-bond donors (Lipinski definition) is 2. The molecular formula is C20H25N3O3. The third kappa shape index (κ3) is 5.74. The van der Waals surface area contributed by atoms with E-state index in [2.05, 4.69) is 15.6 Å². The van der Waals surface area contributed by atoms with E-state index in [4.69, 9.17) is 9.47 Å².